The van der Waals surface area contributed by atoms with Gasteiger partial charge in [-0.1, -0.05) is 0 Å². The van der Waals surface area contributed by atoms with Gasteiger partial charge in [0.25, 0.3) is 0 Å². The van der Waals surface area contributed by atoms with Gasteiger partial charge < -0.3 is 14.8 Å². The van der Waals surface area contributed by atoms with Gasteiger partial charge in [0.2, 0.25) is 0 Å². The molecule has 1 saturated heterocycles. The van der Waals surface area contributed by atoms with E-state index in [4.69, 9.17) is 9.47 Å². The van der Waals surface area contributed by atoms with Crippen molar-refractivity contribution in [1.29, 1.82) is 0 Å². The van der Waals surface area contributed by atoms with Crippen LogP contribution in [0.4, 0.5) is 0 Å². The summed E-state index contributed by atoms with van der Waals surface area (Å²) < 4.78 is 12.9. The highest BCUT2D eigenvalue weighted by Crippen LogP contribution is 2.01. The summed E-state index contributed by atoms with van der Waals surface area (Å²) >= 11 is 0. The molecule has 1 atom stereocenters. The summed E-state index contributed by atoms with van der Waals surface area (Å²) in [7, 11) is 0. The number of nitrogens with one attached hydrogen (secondary N) is 1. The zero-order valence-electron chi connectivity index (χ0n) is 9.69. The molecule has 0 saturated carbocycles. The predicted molar refractivity (Wildman–Crippen MR) is 60.2 cm³/mol. The molecule has 0 spiro atoms. The molecule has 1 unspecified atom stereocenters. The molecule has 1 fully saturated rings. The first kappa shape index (κ1) is 11.6. The summed E-state index contributed by atoms with van der Waals surface area (Å²) in [6, 6.07) is 2.04. The van der Waals surface area contributed by atoms with Gasteiger partial charge >= 0.3 is 0 Å². The average Bonchev–Trinajstić information content (AvgIpc) is 2.78. The Kier molecular flexibility index (Phi) is 4.33. The van der Waals surface area contributed by atoms with Gasteiger partial charge in [0.1, 0.15) is 0 Å². The molecule has 90 valence electrons. The Hall–Kier alpha value is -0.910. The second-order valence-corrected chi connectivity index (χ2v) is 3.84. The van der Waals surface area contributed by atoms with Crippen LogP contribution in [0.3, 0.4) is 0 Å². The van der Waals surface area contributed by atoms with Gasteiger partial charge in [0.05, 0.1) is 31.6 Å². The zero-order valence-corrected chi connectivity index (χ0v) is 9.69. The highest BCUT2D eigenvalue weighted by molar-refractivity contribution is 4.99. The number of ether oxygens (including phenoxy) is 2. The molecule has 16 heavy (non-hydrogen) atoms. The van der Waals surface area contributed by atoms with Crippen molar-refractivity contribution in [2.75, 3.05) is 26.4 Å². The Morgan fingerprint density at radius 3 is 3.25 bits per heavy atom. The molecule has 1 aliphatic rings. The van der Waals surface area contributed by atoms with Crippen LogP contribution in [0.1, 0.15) is 12.6 Å². The number of nitrogens with zero attached hydrogens (tertiary/aromatic N) is 2. The van der Waals surface area contributed by atoms with E-state index in [0.717, 1.165) is 26.2 Å². The normalized spacial score (nSPS) is 21.2. The summed E-state index contributed by atoms with van der Waals surface area (Å²) in [6.45, 7) is 6.78. The minimum absolute atomic E-state index is 0.187. The molecule has 1 aliphatic heterocycles. The minimum atomic E-state index is 0.187. The van der Waals surface area contributed by atoms with Crippen molar-refractivity contribution in [3.8, 4) is 0 Å². The molecule has 5 heteroatoms. The molecular weight excluding hydrogens is 206 g/mol. The van der Waals surface area contributed by atoms with E-state index in [1.807, 2.05) is 16.9 Å². The monoisotopic (exact) mass is 225 g/mol. The number of aromatic nitrogens is 2. The third-order valence-electron chi connectivity index (χ3n) is 2.67. The van der Waals surface area contributed by atoms with Crippen LogP contribution in [-0.2, 0) is 22.6 Å². The molecule has 2 rings (SSSR count). The highest BCUT2D eigenvalue weighted by atomic mass is 16.6. The van der Waals surface area contributed by atoms with E-state index in [-0.39, 0.29) is 6.10 Å². The smallest absolute Gasteiger partial charge is 0.0933 e. The van der Waals surface area contributed by atoms with Gasteiger partial charge in [0.15, 0.2) is 0 Å². The van der Waals surface area contributed by atoms with Crippen LogP contribution in [0, 0.1) is 0 Å². The van der Waals surface area contributed by atoms with Crippen molar-refractivity contribution >= 4 is 0 Å². The molecule has 1 aromatic rings. The molecule has 0 amide bonds. The minimum Gasteiger partial charge on any atom is -0.376 e. The molecule has 0 bridgehead atoms. The number of hydrogen-bond acceptors (Lipinski definition) is 4. The van der Waals surface area contributed by atoms with Crippen LogP contribution >= 0.6 is 0 Å². The lowest BCUT2D eigenvalue weighted by Crippen LogP contribution is -2.37. The van der Waals surface area contributed by atoms with Gasteiger partial charge in [-0.15, -0.1) is 0 Å². The van der Waals surface area contributed by atoms with E-state index in [1.54, 1.807) is 0 Å². The van der Waals surface area contributed by atoms with Crippen LogP contribution in [0.5, 0.6) is 0 Å². The van der Waals surface area contributed by atoms with Crippen molar-refractivity contribution in [3.63, 3.8) is 0 Å². The van der Waals surface area contributed by atoms with Gasteiger partial charge in [-0.2, -0.15) is 5.10 Å². The van der Waals surface area contributed by atoms with Crippen molar-refractivity contribution < 1.29 is 9.47 Å². The summed E-state index contributed by atoms with van der Waals surface area (Å²) in [5, 5.41) is 7.59. The van der Waals surface area contributed by atoms with E-state index >= 15 is 0 Å². The first-order chi connectivity index (χ1) is 7.90. The molecule has 1 aromatic heterocycles. The second-order valence-electron chi connectivity index (χ2n) is 3.84. The van der Waals surface area contributed by atoms with E-state index in [2.05, 4.69) is 17.3 Å². The molecule has 5 nitrogen and oxygen atoms in total. The number of hydrogen-bond donors (Lipinski definition) is 1. The summed E-state index contributed by atoms with van der Waals surface area (Å²) in [6.07, 6.45) is 2.02. The maximum atomic E-state index is 5.54. The highest BCUT2D eigenvalue weighted by Gasteiger charge is 2.13. The van der Waals surface area contributed by atoms with Crippen LogP contribution < -0.4 is 5.32 Å². The van der Waals surface area contributed by atoms with Crippen molar-refractivity contribution in [1.82, 2.24) is 15.1 Å². The largest absolute Gasteiger partial charge is 0.376 e. The molecular formula is C11H19N3O2. The quantitative estimate of drug-likeness (QED) is 0.788. The van der Waals surface area contributed by atoms with Gasteiger partial charge in [-0.3, -0.25) is 4.68 Å². The Balaban J connectivity index is 1.71. The fourth-order valence-corrected chi connectivity index (χ4v) is 1.81. The number of aryl methyl sites for hydroxylation is 1. The fourth-order valence-electron chi connectivity index (χ4n) is 1.81. The van der Waals surface area contributed by atoms with E-state index in [0.29, 0.717) is 13.2 Å². The Morgan fingerprint density at radius 1 is 1.56 bits per heavy atom. The maximum absolute atomic E-state index is 5.54. The van der Waals surface area contributed by atoms with Crippen molar-refractivity contribution in [2.24, 2.45) is 0 Å². The van der Waals surface area contributed by atoms with Gasteiger partial charge in [-0.05, 0) is 13.0 Å². The first-order valence-electron chi connectivity index (χ1n) is 5.81. The van der Waals surface area contributed by atoms with E-state index in [9.17, 15) is 0 Å². The third-order valence-corrected chi connectivity index (χ3v) is 2.67. The molecule has 2 heterocycles. The van der Waals surface area contributed by atoms with Crippen molar-refractivity contribution in [3.05, 3.63) is 18.0 Å². The van der Waals surface area contributed by atoms with Gasteiger partial charge in [0, 0.05) is 25.8 Å². The van der Waals surface area contributed by atoms with Gasteiger partial charge in [-0.25, -0.2) is 0 Å². The van der Waals surface area contributed by atoms with E-state index < -0.39 is 0 Å². The van der Waals surface area contributed by atoms with Crippen LogP contribution in [0.15, 0.2) is 12.3 Å². The number of rotatable bonds is 5. The molecule has 0 radical (unpaired) electrons. The summed E-state index contributed by atoms with van der Waals surface area (Å²) in [5.74, 6) is 0. The molecule has 1 N–H and O–H groups in total. The average molecular weight is 225 g/mol. The van der Waals surface area contributed by atoms with E-state index in [1.165, 1.54) is 5.69 Å². The Bertz CT molecular complexity index is 308. The second kappa shape index (κ2) is 5.98. The predicted octanol–water partition coefficient (Wildman–Crippen LogP) is 0.408. The SMILES string of the molecule is CCn1nccc1CNCC1COCCO1. The lowest BCUT2D eigenvalue weighted by Gasteiger charge is -2.23. The first-order valence-corrected chi connectivity index (χ1v) is 5.81. The van der Waals surface area contributed by atoms with Crippen LogP contribution in [0.2, 0.25) is 0 Å². The van der Waals surface area contributed by atoms with Crippen LogP contribution in [-0.4, -0.2) is 42.2 Å². The lowest BCUT2D eigenvalue weighted by molar-refractivity contribution is -0.0864. The lowest BCUT2D eigenvalue weighted by atomic mass is 10.3. The topological polar surface area (TPSA) is 48.3 Å². The Labute approximate surface area is 95.7 Å². The third kappa shape index (κ3) is 3.04. The molecule has 0 aromatic carbocycles. The Morgan fingerprint density at radius 2 is 2.50 bits per heavy atom. The fraction of sp³-hybridized carbons (Fsp3) is 0.727. The van der Waals surface area contributed by atoms with Crippen molar-refractivity contribution in [2.45, 2.75) is 26.1 Å². The zero-order chi connectivity index (χ0) is 11.2. The molecule has 0 aliphatic carbocycles. The summed E-state index contributed by atoms with van der Waals surface area (Å²) in [5.41, 5.74) is 1.21. The van der Waals surface area contributed by atoms with Crippen LogP contribution in [0.25, 0.3) is 0 Å². The standard InChI is InChI=1S/C11H19N3O2/c1-2-14-10(3-4-13-14)7-12-8-11-9-15-5-6-16-11/h3-4,11-12H,2,5-9H2,1H3. The maximum Gasteiger partial charge on any atom is 0.0933 e. The summed E-state index contributed by atoms with van der Waals surface area (Å²) in [4.78, 5) is 0.